The average molecular weight is 207 g/mol. The van der Waals surface area contributed by atoms with Crippen LogP contribution >= 0.6 is 0 Å². The van der Waals surface area contributed by atoms with Gasteiger partial charge in [0, 0.05) is 18.7 Å². The molecule has 3 nitrogen and oxygen atoms in total. The molecule has 0 bridgehead atoms. The van der Waals surface area contributed by atoms with Gasteiger partial charge in [0.2, 0.25) is 0 Å². The van der Waals surface area contributed by atoms with Gasteiger partial charge in [-0.15, -0.1) is 0 Å². The first kappa shape index (κ1) is 10.5. The van der Waals surface area contributed by atoms with Gasteiger partial charge in [0.25, 0.3) is 0 Å². The molecular formula is C12H19N2O+. The highest BCUT2D eigenvalue weighted by atomic mass is 16.3. The third-order valence-electron chi connectivity index (χ3n) is 3.13. The van der Waals surface area contributed by atoms with Gasteiger partial charge in [-0.1, -0.05) is 12.1 Å². The fraction of sp³-hybridized carbons (Fsp3) is 0.500. The molecule has 3 heteroatoms. The normalized spacial score (nSPS) is 20.1. The molecule has 15 heavy (non-hydrogen) atoms. The summed E-state index contributed by atoms with van der Waals surface area (Å²) in [5.41, 5.74) is 1.22. The van der Waals surface area contributed by atoms with Gasteiger partial charge in [-0.3, -0.25) is 0 Å². The summed E-state index contributed by atoms with van der Waals surface area (Å²) < 4.78 is 1.07. The molecule has 1 aromatic carbocycles. The third-order valence-corrected chi connectivity index (χ3v) is 3.13. The molecule has 0 spiro atoms. The standard InChI is InChI=1S/C12H18N2O/c1-14(7-5-13-6-8-14)10-11-3-2-4-12(15)9-11/h2-4,9,13H,5-8,10H2,1H3/p+1. The second-order valence-corrected chi connectivity index (χ2v) is 4.64. The van der Waals surface area contributed by atoms with E-state index in [1.54, 1.807) is 6.07 Å². The summed E-state index contributed by atoms with van der Waals surface area (Å²) in [6, 6.07) is 7.59. The molecule has 0 saturated carbocycles. The van der Waals surface area contributed by atoms with Crippen molar-refractivity contribution in [1.29, 1.82) is 0 Å². The lowest BCUT2D eigenvalue weighted by atomic mass is 10.1. The van der Waals surface area contributed by atoms with Crippen LogP contribution in [-0.2, 0) is 6.54 Å². The van der Waals surface area contributed by atoms with Gasteiger partial charge in [0.1, 0.15) is 12.3 Å². The third kappa shape index (κ3) is 2.70. The van der Waals surface area contributed by atoms with Crippen LogP contribution in [0.25, 0.3) is 0 Å². The van der Waals surface area contributed by atoms with Crippen LogP contribution in [-0.4, -0.2) is 42.8 Å². The fourth-order valence-electron chi connectivity index (χ4n) is 2.19. The van der Waals surface area contributed by atoms with Gasteiger partial charge in [0.15, 0.2) is 0 Å². The summed E-state index contributed by atoms with van der Waals surface area (Å²) in [6.07, 6.45) is 0. The molecule has 82 valence electrons. The first-order valence-electron chi connectivity index (χ1n) is 5.50. The van der Waals surface area contributed by atoms with Gasteiger partial charge in [-0.25, -0.2) is 0 Å². The van der Waals surface area contributed by atoms with Crippen molar-refractivity contribution in [2.75, 3.05) is 33.2 Å². The summed E-state index contributed by atoms with van der Waals surface area (Å²) >= 11 is 0. The molecule has 0 aromatic heterocycles. The molecule has 1 aromatic rings. The lowest BCUT2D eigenvalue weighted by Crippen LogP contribution is -2.55. The zero-order valence-electron chi connectivity index (χ0n) is 9.24. The smallest absolute Gasteiger partial charge is 0.116 e. The van der Waals surface area contributed by atoms with Crippen LogP contribution < -0.4 is 5.32 Å². The Labute approximate surface area is 90.9 Å². The van der Waals surface area contributed by atoms with Crippen molar-refractivity contribution in [3.05, 3.63) is 29.8 Å². The molecule has 1 fully saturated rings. The second kappa shape index (κ2) is 4.21. The number of aromatic hydroxyl groups is 1. The number of benzene rings is 1. The molecule has 2 rings (SSSR count). The van der Waals surface area contributed by atoms with E-state index < -0.39 is 0 Å². The van der Waals surface area contributed by atoms with Crippen molar-refractivity contribution in [3.63, 3.8) is 0 Å². The van der Waals surface area contributed by atoms with Gasteiger partial charge in [-0.05, 0) is 12.1 Å². The number of nitrogens with one attached hydrogen (secondary N) is 1. The minimum Gasteiger partial charge on any atom is -0.508 e. The second-order valence-electron chi connectivity index (χ2n) is 4.64. The Balaban J connectivity index is 2.06. The number of rotatable bonds is 2. The minimum absolute atomic E-state index is 0.370. The van der Waals surface area contributed by atoms with E-state index >= 15 is 0 Å². The van der Waals surface area contributed by atoms with Crippen LogP contribution in [0.2, 0.25) is 0 Å². The highest BCUT2D eigenvalue weighted by Crippen LogP contribution is 2.16. The lowest BCUT2D eigenvalue weighted by molar-refractivity contribution is -0.924. The number of hydrogen-bond acceptors (Lipinski definition) is 2. The quantitative estimate of drug-likeness (QED) is 0.707. The Morgan fingerprint density at radius 3 is 2.73 bits per heavy atom. The predicted octanol–water partition coefficient (Wildman–Crippen LogP) is 0.942. The molecule has 0 atom stereocenters. The van der Waals surface area contributed by atoms with Gasteiger partial charge in [-0.2, -0.15) is 0 Å². The van der Waals surface area contributed by atoms with Crippen molar-refractivity contribution < 1.29 is 9.59 Å². The number of piperazine rings is 1. The van der Waals surface area contributed by atoms with E-state index in [0.717, 1.165) is 37.2 Å². The van der Waals surface area contributed by atoms with Crippen LogP contribution in [0.4, 0.5) is 0 Å². The summed E-state index contributed by atoms with van der Waals surface area (Å²) in [5.74, 6) is 0.370. The number of likely N-dealkylation sites (N-methyl/N-ethyl adjacent to an activating group) is 1. The Kier molecular flexibility index (Phi) is 2.93. The Bertz CT molecular complexity index is 332. The summed E-state index contributed by atoms with van der Waals surface area (Å²) in [4.78, 5) is 0. The van der Waals surface area contributed by atoms with Crippen molar-refractivity contribution in [2.24, 2.45) is 0 Å². The van der Waals surface area contributed by atoms with E-state index in [9.17, 15) is 5.11 Å². The first-order chi connectivity index (χ1) is 7.18. The molecule has 1 saturated heterocycles. The van der Waals surface area contributed by atoms with Gasteiger partial charge in [0.05, 0.1) is 20.1 Å². The van der Waals surface area contributed by atoms with Gasteiger partial charge < -0.3 is 14.9 Å². The monoisotopic (exact) mass is 207 g/mol. The molecule has 1 heterocycles. The molecule has 0 unspecified atom stereocenters. The highest BCUT2D eigenvalue weighted by Gasteiger charge is 2.24. The number of hydrogen-bond donors (Lipinski definition) is 2. The fourth-order valence-corrected chi connectivity index (χ4v) is 2.19. The molecule has 0 radical (unpaired) electrons. The molecule has 0 amide bonds. The van der Waals surface area contributed by atoms with Crippen LogP contribution in [0.5, 0.6) is 5.75 Å². The van der Waals surface area contributed by atoms with E-state index in [4.69, 9.17) is 0 Å². The maximum Gasteiger partial charge on any atom is 0.116 e. The van der Waals surface area contributed by atoms with Crippen molar-refractivity contribution in [2.45, 2.75) is 6.54 Å². The van der Waals surface area contributed by atoms with Gasteiger partial charge >= 0.3 is 0 Å². The lowest BCUT2D eigenvalue weighted by Gasteiger charge is -2.38. The summed E-state index contributed by atoms with van der Waals surface area (Å²) in [7, 11) is 2.28. The van der Waals surface area contributed by atoms with Crippen LogP contribution in [0, 0.1) is 0 Å². The Morgan fingerprint density at radius 1 is 1.33 bits per heavy atom. The van der Waals surface area contributed by atoms with Crippen molar-refractivity contribution >= 4 is 0 Å². The Morgan fingerprint density at radius 2 is 2.07 bits per heavy atom. The molecule has 2 N–H and O–H groups in total. The molecule has 0 aliphatic carbocycles. The number of quaternary nitrogens is 1. The number of nitrogens with zero attached hydrogens (tertiary/aromatic N) is 1. The Hall–Kier alpha value is -1.06. The zero-order chi connectivity index (χ0) is 10.7. The van der Waals surface area contributed by atoms with E-state index in [-0.39, 0.29) is 0 Å². The van der Waals surface area contributed by atoms with Crippen LogP contribution in [0.1, 0.15) is 5.56 Å². The number of phenols is 1. The highest BCUT2D eigenvalue weighted by molar-refractivity contribution is 5.26. The van der Waals surface area contributed by atoms with Crippen LogP contribution in [0.15, 0.2) is 24.3 Å². The zero-order valence-corrected chi connectivity index (χ0v) is 9.24. The summed E-state index contributed by atoms with van der Waals surface area (Å²) in [5, 5.41) is 12.8. The average Bonchev–Trinajstić information content (AvgIpc) is 2.18. The van der Waals surface area contributed by atoms with E-state index in [2.05, 4.69) is 18.4 Å². The van der Waals surface area contributed by atoms with Crippen molar-refractivity contribution in [3.8, 4) is 5.75 Å². The maximum absolute atomic E-state index is 9.41. The maximum atomic E-state index is 9.41. The minimum atomic E-state index is 0.370. The van der Waals surface area contributed by atoms with Crippen molar-refractivity contribution in [1.82, 2.24) is 5.32 Å². The van der Waals surface area contributed by atoms with Crippen LogP contribution in [0.3, 0.4) is 0 Å². The summed E-state index contributed by atoms with van der Waals surface area (Å²) in [6.45, 7) is 5.52. The van der Waals surface area contributed by atoms with E-state index in [0.29, 0.717) is 5.75 Å². The van der Waals surface area contributed by atoms with E-state index in [1.807, 2.05) is 12.1 Å². The number of phenolic OH excluding ortho intramolecular Hbond substituents is 1. The SMILES string of the molecule is C[N+]1(Cc2cccc(O)c2)CCNCC1. The first-order valence-corrected chi connectivity index (χ1v) is 5.50. The topological polar surface area (TPSA) is 32.3 Å². The van der Waals surface area contributed by atoms with E-state index in [1.165, 1.54) is 5.56 Å². The largest absolute Gasteiger partial charge is 0.508 e. The molecular weight excluding hydrogens is 188 g/mol. The molecule has 1 aliphatic rings. The molecule has 1 aliphatic heterocycles. The predicted molar refractivity (Wildman–Crippen MR) is 60.6 cm³/mol.